The lowest BCUT2D eigenvalue weighted by atomic mass is 10.1. The van der Waals surface area contributed by atoms with Crippen molar-refractivity contribution in [1.82, 2.24) is 5.32 Å². The molecule has 1 N–H and O–H groups in total. The van der Waals surface area contributed by atoms with E-state index in [1.807, 2.05) is 0 Å². The summed E-state index contributed by atoms with van der Waals surface area (Å²) in [5.41, 5.74) is 2.89. The van der Waals surface area contributed by atoms with E-state index in [0.29, 0.717) is 6.04 Å². The summed E-state index contributed by atoms with van der Waals surface area (Å²) in [6, 6.07) is 6.88. The molecule has 0 saturated carbocycles. The van der Waals surface area contributed by atoms with Crippen molar-refractivity contribution in [2.75, 3.05) is 12.3 Å². The van der Waals surface area contributed by atoms with Gasteiger partial charge in [-0.05, 0) is 61.9 Å². The summed E-state index contributed by atoms with van der Waals surface area (Å²) in [5, 5.41) is 3.42. The Labute approximate surface area is 105 Å². The van der Waals surface area contributed by atoms with Crippen molar-refractivity contribution < 1.29 is 4.21 Å². The van der Waals surface area contributed by atoms with E-state index in [9.17, 15) is 4.21 Å². The molecule has 1 aromatic rings. The van der Waals surface area contributed by atoms with Crippen molar-refractivity contribution in [1.29, 1.82) is 0 Å². The Morgan fingerprint density at radius 2 is 2.12 bits per heavy atom. The number of aryl methyl sites for hydroxylation is 2. The standard InChI is InChI=1S/C14H19NOS/c16-17(10-13-5-2-8-15-13)14-7-6-11-3-1-4-12(11)9-14/h6-7,9,13,15H,1-5,8,10H2. The number of nitrogens with one attached hydrogen (secondary N) is 1. The monoisotopic (exact) mass is 249 g/mol. The van der Waals surface area contributed by atoms with E-state index < -0.39 is 10.8 Å². The molecule has 2 unspecified atom stereocenters. The van der Waals surface area contributed by atoms with Crippen LogP contribution >= 0.6 is 0 Å². The minimum absolute atomic E-state index is 0.462. The van der Waals surface area contributed by atoms with E-state index in [2.05, 4.69) is 23.5 Å². The first-order chi connectivity index (χ1) is 8.33. The van der Waals surface area contributed by atoms with Crippen LogP contribution in [0, 0.1) is 0 Å². The van der Waals surface area contributed by atoms with E-state index in [1.165, 1.54) is 43.2 Å². The summed E-state index contributed by atoms with van der Waals surface area (Å²) in [4.78, 5) is 1.03. The molecule has 1 aliphatic heterocycles. The second kappa shape index (κ2) is 4.91. The molecule has 1 heterocycles. The first-order valence-corrected chi connectivity index (χ1v) is 7.88. The first-order valence-electron chi connectivity index (χ1n) is 6.56. The number of fused-ring (bicyclic) bond motifs is 1. The maximum Gasteiger partial charge on any atom is 0.0545 e. The van der Waals surface area contributed by atoms with Crippen LogP contribution in [0.1, 0.15) is 30.4 Å². The van der Waals surface area contributed by atoms with Crippen molar-refractivity contribution >= 4 is 10.8 Å². The van der Waals surface area contributed by atoms with Crippen LogP contribution < -0.4 is 5.32 Å². The quantitative estimate of drug-likeness (QED) is 0.888. The topological polar surface area (TPSA) is 29.1 Å². The Morgan fingerprint density at radius 1 is 1.24 bits per heavy atom. The van der Waals surface area contributed by atoms with E-state index in [0.717, 1.165) is 17.2 Å². The smallest absolute Gasteiger partial charge is 0.0545 e. The van der Waals surface area contributed by atoms with Gasteiger partial charge >= 0.3 is 0 Å². The third-order valence-electron chi connectivity index (χ3n) is 3.85. The number of hydrogen-bond acceptors (Lipinski definition) is 2. The van der Waals surface area contributed by atoms with Gasteiger partial charge < -0.3 is 5.32 Å². The zero-order valence-electron chi connectivity index (χ0n) is 10.1. The molecule has 1 aromatic carbocycles. The largest absolute Gasteiger partial charge is 0.313 e. The molecule has 1 aliphatic carbocycles. The first kappa shape index (κ1) is 11.4. The number of hydrogen-bond donors (Lipinski definition) is 1. The highest BCUT2D eigenvalue weighted by Crippen LogP contribution is 2.24. The summed E-state index contributed by atoms with van der Waals surface area (Å²) >= 11 is 0. The van der Waals surface area contributed by atoms with Crippen molar-refractivity contribution in [2.45, 2.75) is 43.0 Å². The van der Waals surface area contributed by atoms with Crippen LogP contribution in [-0.4, -0.2) is 22.5 Å². The fourth-order valence-corrected chi connectivity index (χ4v) is 4.20. The maximum absolute atomic E-state index is 12.3. The third kappa shape index (κ3) is 2.45. The molecule has 0 radical (unpaired) electrons. The van der Waals surface area contributed by atoms with Gasteiger partial charge in [0.15, 0.2) is 0 Å². The molecule has 0 aromatic heterocycles. The van der Waals surface area contributed by atoms with Crippen molar-refractivity contribution in [2.24, 2.45) is 0 Å². The summed E-state index contributed by atoms with van der Waals surface area (Å²) in [6.45, 7) is 1.09. The summed E-state index contributed by atoms with van der Waals surface area (Å²) in [6.07, 6.45) is 6.03. The van der Waals surface area contributed by atoms with Gasteiger partial charge in [-0.25, -0.2) is 0 Å². The summed E-state index contributed by atoms with van der Waals surface area (Å²) in [5.74, 6) is 0.777. The lowest BCUT2D eigenvalue weighted by Gasteiger charge is -2.10. The zero-order valence-corrected chi connectivity index (χ0v) is 10.9. The average Bonchev–Trinajstić information content (AvgIpc) is 2.97. The van der Waals surface area contributed by atoms with Gasteiger partial charge in [-0.2, -0.15) is 0 Å². The lowest BCUT2D eigenvalue weighted by molar-refractivity contribution is 0.643. The predicted octanol–water partition coefficient (Wildman–Crippen LogP) is 2.03. The van der Waals surface area contributed by atoms with Gasteiger partial charge in [-0.1, -0.05) is 6.07 Å². The molecule has 0 bridgehead atoms. The van der Waals surface area contributed by atoms with Gasteiger partial charge in [0.2, 0.25) is 0 Å². The molecule has 3 heteroatoms. The molecule has 1 fully saturated rings. The highest BCUT2D eigenvalue weighted by Gasteiger charge is 2.19. The van der Waals surface area contributed by atoms with Gasteiger partial charge in [-0.3, -0.25) is 4.21 Å². The zero-order chi connectivity index (χ0) is 11.7. The van der Waals surface area contributed by atoms with E-state index in [4.69, 9.17) is 0 Å². The lowest BCUT2D eigenvalue weighted by Crippen LogP contribution is -2.27. The molecule has 0 amide bonds. The Bertz CT molecular complexity index is 438. The molecule has 2 aliphatic rings. The van der Waals surface area contributed by atoms with Gasteiger partial charge in [-0.15, -0.1) is 0 Å². The van der Waals surface area contributed by atoms with Crippen molar-refractivity contribution in [3.05, 3.63) is 29.3 Å². The SMILES string of the molecule is O=S(CC1CCCN1)c1ccc2c(c1)CCC2. The fraction of sp³-hybridized carbons (Fsp3) is 0.571. The van der Waals surface area contributed by atoms with Gasteiger partial charge in [0, 0.05) is 16.7 Å². The van der Waals surface area contributed by atoms with Crippen LogP contribution in [0.4, 0.5) is 0 Å². The van der Waals surface area contributed by atoms with Gasteiger partial charge in [0.25, 0.3) is 0 Å². The Hall–Kier alpha value is -0.670. The summed E-state index contributed by atoms with van der Waals surface area (Å²) < 4.78 is 12.3. The van der Waals surface area contributed by atoms with E-state index in [1.54, 1.807) is 0 Å². The molecule has 2 atom stereocenters. The van der Waals surface area contributed by atoms with E-state index >= 15 is 0 Å². The molecule has 92 valence electrons. The Kier molecular flexibility index (Phi) is 3.30. The van der Waals surface area contributed by atoms with Crippen LogP contribution in [-0.2, 0) is 23.6 Å². The Morgan fingerprint density at radius 3 is 2.94 bits per heavy atom. The highest BCUT2D eigenvalue weighted by atomic mass is 32.2. The minimum Gasteiger partial charge on any atom is -0.313 e. The van der Waals surface area contributed by atoms with Crippen LogP contribution in [0.25, 0.3) is 0 Å². The van der Waals surface area contributed by atoms with Gasteiger partial charge in [0.05, 0.1) is 10.8 Å². The predicted molar refractivity (Wildman–Crippen MR) is 70.8 cm³/mol. The molecular weight excluding hydrogens is 230 g/mol. The van der Waals surface area contributed by atoms with Crippen molar-refractivity contribution in [3.63, 3.8) is 0 Å². The second-order valence-electron chi connectivity index (χ2n) is 5.09. The normalized spacial score (nSPS) is 24.8. The molecule has 1 saturated heterocycles. The molecule has 2 nitrogen and oxygen atoms in total. The second-order valence-corrected chi connectivity index (χ2v) is 6.59. The highest BCUT2D eigenvalue weighted by molar-refractivity contribution is 7.85. The van der Waals surface area contributed by atoms with Crippen LogP contribution in [0.5, 0.6) is 0 Å². The number of rotatable bonds is 3. The fourth-order valence-electron chi connectivity index (χ4n) is 2.87. The number of benzene rings is 1. The molecule has 3 rings (SSSR count). The third-order valence-corrected chi connectivity index (χ3v) is 5.33. The Balaban J connectivity index is 1.72. The van der Waals surface area contributed by atoms with Crippen LogP contribution in [0.15, 0.2) is 23.1 Å². The summed E-state index contributed by atoms with van der Waals surface area (Å²) in [7, 11) is -0.828. The minimum atomic E-state index is -0.828. The van der Waals surface area contributed by atoms with E-state index in [-0.39, 0.29) is 0 Å². The van der Waals surface area contributed by atoms with Crippen LogP contribution in [0.2, 0.25) is 0 Å². The molecule has 0 spiro atoms. The van der Waals surface area contributed by atoms with Crippen LogP contribution in [0.3, 0.4) is 0 Å². The van der Waals surface area contributed by atoms with Crippen molar-refractivity contribution in [3.8, 4) is 0 Å². The molecular formula is C14H19NOS. The van der Waals surface area contributed by atoms with Gasteiger partial charge in [0.1, 0.15) is 0 Å². The average molecular weight is 249 g/mol. The maximum atomic E-state index is 12.3. The molecule has 17 heavy (non-hydrogen) atoms.